The van der Waals surface area contributed by atoms with Crippen LogP contribution in [-0.4, -0.2) is 29.1 Å². The van der Waals surface area contributed by atoms with Gasteiger partial charge in [-0.25, -0.2) is 0 Å². The van der Waals surface area contributed by atoms with Crippen molar-refractivity contribution in [1.29, 1.82) is 0 Å². The number of hydrogen-bond acceptors (Lipinski definition) is 5. The maximum Gasteiger partial charge on any atom is 0.223 e. The maximum atomic E-state index is 12.1. The highest BCUT2D eigenvalue weighted by atomic mass is 35.5. The van der Waals surface area contributed by atoms with E-state index in [-0.39, 0.29) is 18.3 Å². The smallest absolute Gasteiger partial charge is 0.223 e. The number of carbonyl (C=O) groups excluding carboxylic acids is 1. The summed E-state index contributed by atoms with van der Waals surface area (Å²) in [7, 11) is 0. The molecule has 7 heteroatoms. The molecule has 6 nitrogen and oxygen atoms in total. The molecule has 0 unspecified atom stereocenters. The molecule has 0 atom stereocenters. The number of aryl methyl sites for hydroxylation is 1. The second-order valence-corrected chi connectivity index (χ2v) is 6.04. The lowest BCUT2D eigenvalue weighted by Crippen LogP contribution is -2.42. The summed E-state index contributed by atoms with van der Waals surface area (Å²) < 4.78 is 4.97. The molecule has 21 heavy (non-hydrogen) atoms. The number of nitrogens with one attached hydrogen (secondary N) is 2. The zero-order chi connectivity index (χ0) is 14.6. The van der Waals surface area contributed by atoms with Crippen molar-refractivity contribution < 1.29 is 9.32 Å². The standard InChI is InChI=1S/C14H24N4O2.ClH/c1-10-16-13(18-20-10)14(2,3)17-12(19)5-4-11-6-8-15-9-7-11;/h11,15H,4-9H2,1-3H3,(H,17,19);1H. The molecule has 2 rings (SSSR count). The van der Waals surface area contributed by atoms with Crippen LogP contribution in [0.25, 0.3) is 0 Å². The lowest BCUT2D eigenvalue weighted by Gasteiger charge is -2.25. The average Bonchev–Trinajstić information content (AvgIpc) is 2.85. The van der Waals surface area contributed by atoms with Crippen molar-refractivity contribution in [2.75, 3.05) is 13.1 Å². The largest absolute Gasteiger partial charge is 0.344 e. The van der Waals surface area contributed by atoms with Gasteiger partial charge in [-0.05, 0) is 52.1 Å². The van der Waals surface area contributed by atoms with Gasteiger partial charge < -0.3 is 15.2 Å². The van der Waals surface area contributed by atoms with E-state index >= 15 is 0 Å². The van der Waals surface area contributed by atoms with E-state index in [1.54, 1.807) is 6.92 Å². The normalized spacial score (nSPS) is 16.3. The van der Waals surface area contributed by atoms with E-state index in [0.717, 1.165) is 19.5 Å². The Morgan fingerprint density at radius 1 is 1.43 bits per heavy atom. The second-order valence-electron chi connectivity index (χ2n) is 6.04. The van der Waals surface area contributed by atoms with Gasteiger partial charge in [0.25, 0.3) is 0 Å². The molecule has 1 aromatic rings. The molecule has 0 aromatic carbocycles. The molecule has 1 fully saturated rings. The van der Waals surface area contributed by atoms with E-state index < -0.39 is 5.54 Å². The third kappa shape index (κ3) is 5.28. The quantitative estimate of drug-likeness (QED) is 0.867. The molecule has 0 aliphatic carbocycles. The van der Waals surface area contributed by atoms with E-state index in [1.807, 2.05) is 13.8 Å². The van der Waals surface area contributed by atoms with E-state index in [0.29, 0.717) is 24.1 Å². The summed E-state index contributed by atoms with van der Waals surface area (Å²) in [6.45, 7) is 7.66. The van der Waals surface area contributed by atoms with Gasteiger partial charge in [-0.1, -0.05) is 5.16 Å². The van der Waals surface area contributed by atoms with Crippen LogP contribution in [0.2, 0.25) is 0 Å². The molecule has 0 saturated carbocycles. The van der Waals surface area contributed by atoms with Crippen molar-refractivity contribution in [3.05, 3.63) is 11.7 Å². The van der Waals surface area contributed by atoms with Gasteiger partial charge in [0, 0.05) is 13.3 Å². The first-order valence-electron chi connectivity index (χ1n) is 7.30. The van der Waals surface area contributed by atoms with Crippen molar-refractivity contribution in [2.24, 2.45) is 5.92 Å². The molecule has 1 aliphatic rings. The average molecular weight is 317 g/mol. The van der Waals surface area contributed by atoms with Crippen LogP contribution in [-0.2, 0) is 10.3 Å². The van der Waals surface area contributed by atoms with Crippen LogP contribution in [0.3, 0.4) is 0 Å². The van der Waals surface area contributed by atoms with Crippen molar-refractivity contribution in [1.82, 2.24) is 20.8 Å². The molecule has 2 heterocycles. The zero-order valence-corrected chi connectivity index (χ0v) is 13.8. The summed E-state index contributed by atoms with van der Waals surface area (Å²) in [6, 6.07) is 0. The number of rotatable bonds is 5. The van der Waals surface area contributed by atoms with Crippen molar-refractivity contribution in [3.8, 4) is 0 Å². The van der Waals surface area contributed by atoms with Gasteiger partial charge in [-0.3, -0.25) is 4.79 Å². The fourth-order valence-corrected chi connectivity index (χ4v) is 2.53. The molecular weight excluding hydrogens is 292 g/mol. The molecule has 120 valence electrons. The highest BCUT2D eigenvalue weighted by molar-refractivity contribution is 5.85. The Morgan fingerprint density at radius 2 is 2.10 bits per heavy atom. The third-order valence-corrected chi connectivity index (χ3v) is 3.78. The maximum absolute atomic E-state index is 12.1. The number of carbonyl (C=O) groups is 1. The van der Waals surface area contributed by atoms with Crippen LogP contribution in [0.15, 0.2) is 4.52 Å². The molecule has 1 saturated heterocycles. The van der Waals surface area contributed by atoms with Crippen LogP contribution < -0.4 is 10.6 Å². The number of hydrogen-bond donors (Lipinski definition) is 2. The van der Waals surface area contributed by atoms with Gasteiger partial charge in [0.15, 0.2) is 5.82 Å². The molecule has 0 bridgehead atoms. The molecule has 1 aromatic heterocycles. The Bertz CT molecular complexity index is 456. The molecule has 0 radical (unpaired) electrons. The van der Waals surface area contributed by atoms with Crippen molar-refractivity contribution in [3.63, 3.8) is 0 Å². The Balaban J connectivity index is 0.00000220. The minimum atomic E-state index is -0.594. The predicted molar refractivity (Wildman–Crippen MR) is 82.3 cm³/mol. The van der Waals surface area contributed by atoms with Crippen molar-refractivity contribution in [2.45, 2.75) is 52.0 Å². The minimum absolute atomic E-state index is 0. The molecular formula is C14H25ClN4O2. The summed E-state index contributed by atoms with van der Waals surface area (Å²) in [5.41, 5.74) is -0.594. The van der Waals surface area contributed by atoms with Gasteiger partial charge in [0.1, 0.15) is 0 Å². The number of amides is 1. The van der Waals surface area contributed by atoms with Crippen molar-refractivity contribution >= 4 is 18.3 Å². The highest BCUT2D eigenvalue weighted by Crippen LogP contribution is 2.20. The molecule has 2 N–H and O–H groups in total. The Kier molecular flexibility index (Phi) is 6.61. The number of piperidine rings is 1. The van der Waals surface area contributed by atoms with Crippen LogP contribution >= 0.6 is 12.4 Å². The fourth-order valence-electron chi connectivity index (χ4n) is 2.53. The van der Waals surface area contributed by atoms with Crippen LogP contribution in [0, 0.1) is 12.8 Å². The van der Waals surface area contributed by atoms with E-state index in [4.69, 9.17) is 4.52 Å². The van der Waals surface area contributed by atoms with Crippen LogP contribution in [0.1, 0.15) is 51.2 Å². The monoisotopic (exact) mass is 316 g/mol. The topological polar surface area (TPSA) is 80.0 Å². The number of halogens is 1. The Morgan fingerprint density at radius 3 is 2.67 bits per heavy atom. The first-order chi connectivity index (χ1) is 9.47. The van der Waals surface area contributed by atoms with Crippen LogP contribution in [0.5, 0.6) is 0 Å². The number of nitrogens with zero attached hydrogens (tertiary/aromatic N) is 2. The molecule has 0 spiro atoms. The summed E-state index contributed by atoms with van der Waals surface area (Å²) in [5.74, 6) is 1.75. The van der Waals surface area contributed by atoms with E-state index in [9.17, 15) is 4.79 Å². The lowest BCUT2D eigenvalue weighted by atomic mass is 9.93. The SMILES string of the molecule is Cc1nc(C(C)(C)NC(=O)CCC2CCNCC2)no1.Cl. The fraction of sp³-hybridized carbons (Fsp3) is 0.786. The Hall–Kier alpha value is -1.14. The second kappa shape index (κ2) is 7.75. The third-order valence-electron chi connectivity index (χ3n) is 3.78. The summed E-state index contributed by atoms with van der Waals surface area (Å²) in [4.78, 5) is 16.3. The summed E-state index contributed by atoms with van der Waals surface area (Å²) in [6.07, 6.45) is 3.85. The van der Waals surface area contributed by atoms with Gasteiger partial charge in [-0.15, -0.1) is 12.4 Å². The number of aromatic nitrogens is 2. The van der Waals surface area contributed by atoms with Crippen LogP contribution in [0.4, 0.5) is 0 Å². The zero-order valence-electron chi connectivity index (χ0n) is 12.9. The van der Waals surface area contributed by atoms with Gasteiger partial charge in [-0.2, -0.15) is 4.98 Å². The predicted octanol–water partition coefficient (Wildman–Crippen LogP) is 1.93. The highest BCUT2D eigenvalue weighted by Gasteiger charge is 2.28. The van der Waals surface area contributed by atoms with E-state index in [1.165, 1.54) is 12.8 Å². The first-order valence-corrected chi connectivity index (χ1v) is 7.30. The van der Waals surface area contributed by atoms with Gasteiger partial charge in [0.2, 0.25) is 11.8 Å². The van der Waals surface area contributed by atoms with Gasteiger partial charge >= 0.3 is 0 Å². The summed E-state index contributed by atoms with van der Waals surface area (Å²) in [5, 5.41) is 10.2. The van der Waals surface area contributed by atoms with E-state index in [2.05, 4.69) is 20.8 Å². The Labute approximate surface area is 131 Å². The molecule has 1 aliphatic heterocycles. The first kappa shape index (κ1) is 17.9. The lowest BCUT2D eigenvalue weighted by molar-refractivity contribution is -0.123. The minimum Gasteiger partial charge on any atom is -0.344 e. The van der Waals surface area contributed by atoms with Gasteiger partial charge in [0.05, 0.1) is 5.54 Å². The molecule has 1 amide bonds. The summed E-state index contributed by atoms with van der Waals surface area (Å²) >= 11 is 0.